The lowest BCUT2D eigenvalue weighted by molar-refractivity contribution is 0.389. The van der Waals surface area contributed by atoms with Gasteiger partial charge in [-0.25, -0.2) is 0 Å². The van der Waals surface area contributed by atoms with Crippen LogP contribution < -0.4 is 15.2 Å². The average Bonchev–Trinajstić information content (AvgIpc) is 2.17. The number of hydrogen-bond acceptors (Lipinski definition) is 3. The van der Waals surface area contributed by atoms with Gasteiger partial charge in [0.2, 0.25) is 0 Å². The molecule has 5 heteroatoms. The van der Waals surface area contributed by atoms with Crippen LogP contribution >= 0.6 is 28.1 Å². The number of thiocarbonyl (C=S) groups is 1. The average molecular weight is 276 g/mol. The first-order chi connectivity index (χ1) is 6.60. The van der Waals surface area contributed by atoms with E-state index in [1.165, 1.54) is 0 Å². The molecular weight excluding hydrogens is 266 g/mol. The van der Waals surface area contributed by atoms with E-state index in [9.17, 15) is 0 Å². The smallest absolute Gasteiger partial charge is 0.137 e. The third-order valence-corrected chi connectivity index (χ3v) is 2.75. The first-order valence-corrected chi connectivity index (χ1v) is 5.01. The number of rotatable bonds is 3. The molecule has 3 nitrogen and oxygen atoms in total. The molecule has 0 heterocycles. The van der Waals surface area contributed by atoms with E-state index in [0.717, 1.165) is 10.0 Å². The van der Waals surface area contributed by atoms with Crippen molar-refractivity contribution in [1.29, 1.82) is 0 Å². The van der Waals surface area contributed by atoms with Gasteiger partial charge in [-0.05, 0) is 28.1 Å². The molecule has 76 valence electrons. The second kappa shape index (κ2) is 4.61. The summed E-state index contributed by atoms with van der Waals surface area (Å²) in [6.45, 7) is 0. The molecule has 0 amide bonds. The molecule has 0 aromatic heterocycles. The Morgan fingerprint density at radius 2 is 1.71 bits per heavy atom. The van der Waals surface area contributed by atoms with Gasteiger partial charge >= 0.3 is 0 Å². The highest BCUT2D eigenvalue weighted by molar-refractivity contribution is 9.10. The third kappa shape index (κ3) is 2.16. The molecule has 14 heavy (non-hydrogen) atoms. The summed E-state index contributed by atoms with van der Waals surface area (Å²) in [5.74, 6) is 1.29. The molecule has 0 unspecified atom stereocenters. The zero-order chi connectivity index (χ0) is 10.7. The number of benzene rings is 1. The zero-order valence-corrected chi connectivity index (χ0v) is 10.2. The van der Waals surface area contributed by atoms with E-state index in [2.05, 4.69) is 15.9 Å². The Morgan fingerprint density at radius 3 is 2.00 bits per heavy atom. The molecule has 0 aliphatic heterocycles. The molecule has 0 aliphatic rings. The Hall–Kier alpha value is -0.810. The largest absolute Gasteiger partial charge is 0.495 e. The van der Waals surface area contributed by atoms with Crippen LogP contribution in [0.1, 0.15) is 5.56 Å². The molecule has 0 saturated heterocycles. The van der Waals surface area contributed by atoms with Gasteiger partial charge in [0, 0.05) is 5.56 Å². The van der Waals surface area contributed by atoms with Crippen LogP contribution in [0.4, 0.5) is 0 Å². The van der Waals surface area contributed by atoms with Crippen molar-refractivity contribution in [3.63, 3.8) is 0 Å². The van der Waals surface area contributed by atoms with E-state index in [0.29, 0.717) is 16.5 Å². The Balaban J connectivity index is 3.32. The van der Waals surface area contributed by atoms with Crippen LogP contribution in [0.3, 0.4) is 0 Å². The van der Waals surface area contributed by atoms with Gasteiger partial charge in [0.25, 0.3) is 0 Å². The minimum absolute atomic E-state index is 0.314. The zero-order valence-electron chi connectivity index (χ0n) is 7.83. The Kier molecular flexibility index (Phi) is 3.71. The summed E-state index contributed by atoms with van der Waals surface area (Å²) >= 11 is 8.22. The van der Waals surface area contributed by atoms with Crippen molar-refractivity contribution in [3.05, 3.63) is 22.2 Å². The fourth-order valence-corrected chi connectivity index (χ4v) is 1.68. The molecule has 0 radical (unpaired) electrons. The lowest BCUT2D eigenvalue weighted by atomic mass is 10.2. The Morgan fingerprint density at radius 1 is 1.29 bits per heavy atom. The van der Waals surface area contributed by atoms with E-state index < -0.39 is 0 Å². The third-order valence-electron chi connectivity index (χ3n) is 1.73. The van der Waals surface area contributed by atoms with Gasteiger partial charge in [0.15, 0.2) is 0 Å². The maximum Gasteiger partial charge on any atom is 0.137 e. The number of nitrogens with two attached hydrogens (primary N) is 1. The summed E-state index contributed by atoms with van der Waals surface area (Å²) in [6.07, 6.45) is 0. The summed E-state index contributed by atoms with van der Waals surface area (Å²) in [5.41, 5.74) is 6.24. The van der Waals surface area contributed by atoms with E-state index in [-0.39, 0.29) is 0 Å². The van der Waals surface area contributed by atoms with Crippen LogP contribution in [-0.4, -0.2) is 19.2 Å². The SMILES string of the molecule is COc1cc(C(N)=S)cc(OC)c1Br. The van der Waals surface area contributed by atoms with Crippen molar-refractivity contribution >= 4 is 33.1 Å². The number of ether oxygens (including phenoxy) is 2. The normalized spacial score (nSPS) is 9.64. The highest BCUT2D eigenvalue weighted by atomic mass is 79.9. The van der Waals surface area contributed by atoms with Crippen LogP contribution in [0.2, 0.25) is 0 Å². The second-order valence-electron chi connectivity index (χ2n) is 2.56. The van der Waals surface area contributed by atoms with Crippen molar-refractivity contribution in [3.8, 4) is 11.5 Å². The lowest BCUT2D eigenvalue weighted by Gasteiger charge is -2.10. The highest BCUT2D eigenvalue weighted by Gasteiger charge is 2.10. The van der Waals surface area contributed by atoms with Crippen molar-refractivity contribution in [2.45, 2.75) is 0 Å². The topological polar surface area (TPSA) is 44.5 Å². The van der Waals surface area contributed by atoms with E-state index in [4.69, 9.17) is 27.4 Å². The molecule has 0 atom stereocenters. The van der Waals surface area contributed by atoms with Gasteiger partial charge in [-0.15, -0.1) is 0 Å². The Bertz CT molecular complexity index is 343. The van der Waals surface area contributed by atoms with E-state index in [1.54, 1.807) is 26.4 Å². The molecule has 0 saturated carbocycles. The molecule has 2 N–H and O–H groups in total. The molecule has 0 bridgehead atoms. The molecule has 1 aromatic rings. The maximum absolute atomic E-state index is 5.52. The van der Waals surface area contributed by atoms with Crippen LogP contribution in [-0.2, 0) is 0 Å². The lowest BCUT2D eigenvalue weighted by Crippen LogP contribution is -2.09. The van der Waals surface area contributed by atoms with Gasteiger partial charge in [-0.2, -0.15) is 0 Å². The van der Waals surface area contributed by atoms with E-state index >= 15 is 0 Å². The summed E-state index contributed by atoms with van der Waals surface area (Å²) < 4.78 is 11.0. The predicted octanol–water partition coefficient (Wildman–Crippen LogP) is 2.10. The summed E-state index contributed by atoms with van der Waals surface area (Å²) in [7, 11) is 3.14. The number of hydrogen-bond donors (Lipinski definition) is 1. The fraction of sp³-hybridized carbons (Fsp3) is 0.222. The van der Waals surface area contributed by atoms with Gasteiger partial charge in [0.1, 0.15) is 21.0 Å². The molecular formula is C9H10BrNO2S. The van der Waals surface area contributed by atoms with Crippen LogP contribution in [0.15, 0.2) is 16.6 Å². The van der Waals surface area contributed by atoms with Crippen LogP contribution in [0, 0.1) is 0 Å². The van der Waals surface area contributed by atoms with Crippen LogP contribution in [0.5, 0.6) is 11.5 Å². The number of methoxy groups -OCH3 is 2. The second-order valence-corrected chi connectivity index (χ2v) is 3.79. The first-order valence-electron chi connectivity index (χ1n) is 3.81. The standard InChI is InChI=1S/C9H10BrNO2S/c1-12-6-3-5(9(11)14)4-7(13-2)8(6)10/h3-4H,1-2H3,(H2,11,14). The fourth-order valence-electron chi connectivity index (χ4n) is 1.01. The quantitative estimate of drug-likeness (QED) is 0.859. The first kappa shape index (κ1) is 11.3. The summed E-state index contributed by atoms with van der Waals surface area (Å²) in [6, 6.07) is 3.52. The maximum atomic E-state index is 5.52. The Labute approximate surface area is 96.3 Å². The molecule has 1 rings (SSSR count). The van der Waals surface area contributed by atoms with Crippen LogP contribution in [0.25, 0.3) is 0 Å². The van der Waals surface area contributed by atoms with Gasteiger partial charge in [0.05, 0.1) is 14.2 Å². The van der Waals surface area contributed by atoms with Crippen molar-refractivity contribution in [2.75, 3.05) is 14.2 Å². The minimum Gasteiger partial charge on any atom is -0.495 e. The monoisotopic (exact) mass is 275 g/mol. The van der Waals surface area contributed by atoms with Crippen molar-refractivity contribution in [2.24, 2.45) is 5.73 Å². The van der Waals surface area contributed by atoms with Gasteiger partial charge < -0.3 is 15.2 Å². The molecule has 0 spiro atoms. The highest BCUT2D eigenvalue weighted by Crippen LogP contribution is 2.35. The summed E-state index contributed by atoms with van der Waals surface area (Å²) in [4.78, 5) is 0.314. The van der Waals surface area contributed by atoms with E-state index in [1.807, 2.05) is 0 Å². The minimum atomic E-state index is 0.314. The number of halogens is 1. The van der Waals surface area contributed by atoms with Crippen molar-refractivity contribution in [1.82, 2.24) is 0 Å². The summed E-state index contributed by atoms with van der Waals surface area (Å²) in [5, 5.41) is 0. The molecule has 1 aromatic carbocycles. The van der Waals surface area contributed by atoms with Crippen molar-refractivity contribution < 1.29 is 9.47 Å². The van der Waals surface area contributed by atoms with Gasteiger partial charge in [-0.3, -0.25) is 0 Å². The molecule has 0 aliphatic carbocycles. The molecule has 0 fully saturated rings. The van der Waals surface area contributed by atoms with Gasteiger partial charge in [-0.1, -0.05) is 12.2 Å². The predicted molar refractivity (Wildman–Crippen MR) is 63.1 cm³/mol.